The first-order chi connectivity index (χ1) is 18.0. The number of nitrogens with zero attached hydrogens (tertiary/aromatic N) is 1. The molecule has 0 spiro atoms. The van der Waals surface area contributed by atoms with Crippen LogP contribution in [0.2, 0.25) is 0 Å². The van der Waals surface area contributed by atoms with Crippen molar-refractivity contribution in [3.05, 3.63) is 35.8 Å². The first kappa shape index (κ1) is 29.8. The number of aryl methyl sites for hydroxylation is 1. The Hall–Kier alpha value is -2.17. The molecule has 10 heteroatoms. The number of ketones is 1. The van der Waals surface area contributed by atoms with Crippen LogP contribution >= 0.6 is 0 Å². The number of halogens is 3. The van der Waals surface area contributed by atoms with E-state index in [1.165, 1.54) is 6.26 Å². The van der Waals surface area contributed by atoms with Crippen LogP contribution < -0.4 is 0 Å². The summed E-state index contributed by atoms with van der Waals surface area (Å²) in [5.74, 6) is -1.35. The van der Waals surface area contributed by atoms with Gasteiger partial charge in [-0.3, -0.25) is 4.79 Å². The third-order valence-electron chi connectivity index (χ3n) is 9.12. The van der Waals surface area contributed by atoms with Gasteiger partial charge in [-0.25, -0.2) is 4.98 Å². The Balaban J connectivity index is 1.67. The molecule has 2 N–H and O–H groups in total. The fraction of sp³-hybridized carbons (Fsp3) is 0.724. The van der Waals surface area contributed by atoms with Crippen LogP contribution in [0.5, 0.6) is 0 Å². The Morgan fingerprint density at radius 2 is 1.90 bits per heavy atom. The molecule has 4 rings (SSSR count). The van der Waals surface area contributed by atoms with Gasteiger partial charge in [0.2, 0.25) is 0 Å². The summed E-state index contributed by atoms with van der Waals surface area (Å²) in [6.07, 6.45) is -5.49. The number of hydrogen-bond acceptors (Lipinski definition) is 7. The van der Waals surface area contributed by atoms with Crippen molar-refractivity contribution >= 4 is 11.9 Å². The molecule has 3 aliphatic rings. The molecule has 218 valence electrons. The van der Waals surface area contributed by atoms with E-state index in [1.54, 1.807) is 47.6 Å². The monoisotopic (exact) mass is 555 g/mol. The number of ether oxygens (including phenoxy) is 2. The van der Waals surface area contributed by atoms with E-state index in [4.69, 9.17) is 13.9 Å². The molecule has 39 heavy (non-hydrogen) atoms. The lowest BCUT2D eigenvalue weighted by Crippen LogP contribution is -2.45. The van der Waals surface area contributed by atoms with Crippen LogP contribution in [-0.4, -0.2) is 57.2 Å². The normalized spacial score (nSPS) is 39.9. The van der Waals surface area contributed by atoms with E-state index in [2.05, 4.69) is 11.6 Å². The second-order valence-electron chi connectivity index (χ2n) is 12.4. The Morgan fingerprint density at radius 1 is 1.23 bits per heavy atom. The summed E-state index contributed by atoms with van der Waals surface area (Å²) in [5, 5.41) is 22.0. The predicted molar refractivity (Wildman–Crippen MR) is 137 cm³/mol. The summed E-state index contributed by atoms with van der Waals surface area (Å²) in [6.45, 7) is 13.9. The first-order valence-electron chi connectivity index (χ1n) is 13.6. The summed E-state index contributed by atoms with van der Waals surface area (Å²) >= 11 is 0. The minimum Gasteiger partial charge on any atom is -0.491 e. The molecule has 1 aromatic rings. The Morgan fingerprint density at radius 3 is 2.49 bits per heavy atom. The number of rotatable bonds is 2. The molecule has 2 saturated heterocycles. The van der Waals surface area contributed by atoms with Gasteiger partial charge >= 0.3 is 6.18 Å². The molecular formula is C29H40F3NO6. The van der Waals surface area contributed by atoms with Gasteiger partial charge in [-0.05, 0) is 49.2 Å². The second kappa shape index (κ2) is 10.3. The second-order valence-corrected chi connectivity index (χ2v) is 12.4. The van der Waals surface area contributed by atoms with Gasteiger partial charge in [0, 0.05) is 25.7 Å². The van der Waals surface area contributed by atoms with Crippen molar-refractivity contribution in [2.45, 2.75) is 103 Å². The average Bonchev–Trinajstić information content (AvgIpc) is 3.72. The number of epoxide rings is 1. The minimum atomic E-state index is -4.58. The van der Waals surface area contributed by atoms with Crippen molar-refractivity contribution in [3.8, 4) is 0 Å². The quantitative estimate of drug-likeness (QED) is 0.471. The lowest BCUT2D eigenvalue weighted by Gasteiger charge is -2.35. The molecular weight excluding hydrogens is 515 g/mol. The molecule has 3 fully saturated rings. The molecule has 1 aliphatic carbocycles. The van der Waals surface area contributed by atoms with E-state index < -0.39 is 47.5 Å². The fourth-order valence-electron chi connectivity index (χ4n) is 6.17. The molecule has 0 amide bonds. The smallest absolute Gasteiger partial charge is 0.420 e. The molecule has 7 nitrogen and oxygen atoms in total. The highest BCUT2D eigenvalue weighted by Crippen LogP contribution is 2.61. The molecule has 1 saturated carbocycles. The predicted octanol–water partition coefficient (Wildman–Crippen LogP) is 5.39. The topological polar surface area (TPSA) is 105 Å². The van der Waals surface area contributed by atoms with Gasteiger partial charge < -0.3 is 24.1 Å². The van der Waals surface area contributed by atoms with Crippen molar-refractivity contribution in [1.82, 2.24) is 4.98 Å². The number of aromatic nitrogens is 1. The number of oxazole rings is 1. The van der Waals surface area contributed by atoms with E-state index in [-0.39, 0.29) is 48.6 Å². The molecule has 2 aliphatic heterocycles. The molecule has 0 bridgehead atoms. The van der Waals surface area contributed by atoms with Crippen LogP contribution in [0.1, 0.15) is 71.9 Å². The average molecular weight is 556 g/mol. The minimum absolute atomic E-state index is 0.0806. The third kappa shape index (κ3) is 5.84. The number of carbonyl (C=O) groups excluding carboxylic acids is 1. The van der Waals surface area contributed by atoms with Crippen LogP contribution in [0.15, 0.2) is 28.6 Å². The number of hydrogen-bond donors (Lipinski definition) is 2. The van der Waals surface area contributed by atoms with Gasteiger partial charge in [0.1, 0.15) is 29.9 Å². The van der Waals surface area contributed by atoms with Crippen molar-refractivity contribution < 1.29 is 42.1 Å². The van der Waals surface area contributed by atoms with Crippen LogP contribution in [0.4, 0.5) is 13.2 Å². The Labute approximate surface area is 227 Å². The largest absolute Gasteiger partial charge is 0.491 e. The maximum atomic E-state index is 14.4. The Kier molecular flexibility index (Phi) is 7.90. The zero-order valence-corrected chi connectivity index (χ0v) is 23.4. The zero-order chi connectivity index (χ0) is 29.1. The van der Waals surface area contributed by atoms with Crippen molar-refractivity contribution in [3.63, 3.8) is 0 Å². The number of carbonyl (C=O) groups is 1. The zero-order valence-electron chi connectivity index (χ0n) is 23.4. The van der Waals surface area contributed by atoms with Gasteiger partial charge in [-0.1, -0.05) is 34.3 Å². The van der Waals surface area contributed by atoms with Gasteiger partial charge in [-0.2, -0.15) is 13.2 Å². The molecule has 0 radical (unpaired) electrons. The Bertz CT molecular complexity index is 1130. The molecule has 3 heterocycles. The van der Waals surface area contributed by atoms with Crippen LogP contribution in [0, 0.1) is 36.0 Å². The molecule has 9 atom stereocenters. The van der Waals surface area contributed by atoms with Crippen LogP contribution in [-0.2, 0) is 14.3 Å². The molecule has 0 aromatic carbocycles. The van der Waals surface area contributed by atoms with Gasteiger partial charge in [0.15, 0.2) is 11.5 Å². The number of alkyl halides is 3. The SMILES string of the molecule is C=C1C[C@H](O)C(C)(C)C(=O)[C@H](C)[C@@H](O)C(C)C2CC2CC2(C(F)(F)F)OC2C[C@@H](/C(C)=C/c2coc(C)n2)O1. The number of aliphatic hydroxyl groups excluding tert-OH is 2. The van der Waals surface area contributed by atoms with Gasteiger partial charge in [0.05, 0.1) is 23.4 Å². The summed E-state index contributed by atoms with van der Waals surface area (Å²) in [6, 6.07) is 0. The lowest BCUT2D eigenvalue weighted by atomic mass is 9.72. The maximum Gasteiger partial charge on any atom is 0.420 e. The highest BCUT2D eigenvalue weighted by atomic mass is 19.4. The number of fused-ring (bicyclic) bond motifs is 2. The molecule has 5 unspecified atom stereocenters. The summed E-state index contributed by atoms with van der Waals surface area (Å²) < 4.78 is 59.9. The molecule has 1 aromatic heterocycles. The third-order valence-corrected chi connectivity index (χ3v) is 9.12. The van der Waals surface area contributed by atoms with Crippen molar-refractivity contribution in [2.24, 2.45) is 29.1 Å². The van der Waals surface area contributed by atoms with Gasteiger partial charge in [0.25, 0.3) is 0 Å². The highest BCUT2D eigenvalue weighted by molar-refractivity contribution is 5.87. The first-order valence-corrected chi connectivity index (χ1v) is 13.6. The maximum absolute atomic E-state index is 14.4. The van der Waals surface area contributed by atoms with E-state index in [0.717, 1.165) is 0 Å². The van der Waals surface area contributed by atoms with Crippen LogP contribution in [0.3, 0.4) is 0 Å². The van der Waals surface area contributed by atoms with Gasteiger partial charge in [-0.15, -0.1) is 0 Å². The van der Waals surface area contributed by atoms with E-state index >= 15 is 0 Å². The van der Waals surface area contributed by atoms with E-state index in [9.17, 15) is 28.2 Å². The number of aliphatic hydroxyl groups is 2. The fourth-order valence-corrected chi connectivity index (χ4v) is 6.17. The summed E-state index contributed by atoms with van der Waals surface area (Å²) in [4.78, 5) is 17.6. The van der Waals surface area contributed by atoms with Crippen molar-refractivity contribution in [2.75, 3.05) is 0 Å². The summed E-state index contributed by atoms with van der Waals surface area (Å²) in [5.41, 5.74) is -2.41. The lowest BCUT2D eigenvalue weighted by molar-refractivity contribution is -0.187. The van der Waals surface area contributed by atoms with E-state index in [0.29, 0.717) is 23.6 Å². The van der Waals surface area contributed by atoms with Crippen LogP contribution in [0.25, 0.3) is 6.08 Å². The summed E-state index contributed by atoms with van der Waals surface area (Å²) in [7, 11) is 0. The number of Topliss-reactive ketones (excluding diaryl/α,β-unsaturated/α-hetero) is 1. The highest BCUT2D eigenvalue weighted by Gasteiger charge is 2.74. The standard InChI is InChI=1S/C29H40F3NO6/c1-14(8-20-13-37-18(5)33-20)22-11-24-28(39-24,29(30,31)32)12-19-10-21(19)16(3)25(35)17(4)26(36)27(6,7)23(34)9-15(2)38-22/h8,13,16-17,19,21-25,34-35H,2,9-12H2,1,3-7H3/b14-8+/t16?,17-,19?,21?,22+,23+,24?,25+,28?/m1/s1. The van der Waals surface area contributed by atoms with Crippen molar-refractivity contribution in [1.29, 1.82) is 0 Å². The van der Waals surface area contributed by atoms with E-state index in [1.807, 2.05) is 0 Å².